The van der Waals surface area contributed by atoms with E-state index in [9.17, 15) is 22.8 Å². The van der Waals surface area contributed by atoms with Crippen LogP contribution >= 0.6 is 0 Å². The van der Waals surface area contributed by atoms with Crippen molar-refractivity contribution in [3.05, 3.63) is 30.1 Å². The Labute approximate surface area is 165 Å². The van der Waals surface area contributed by atoms with Gasteiger partial charge in [0, 0.05) is 19.2 Å². The first kappa shape index (κ1) is 19.7. The number of hydrogen-bond donors (Lipinski definition) is 1. The topological polar surface area (TPSA) is 70.0 Å². The molecule has 0 saturated carbocycles. The van der Waals surface area contributed by atoms with Crippen LogP contribution in [0.15, 0.2) is 24.5 Å². The van der Waals surface area contributed by atoms with Crippen molar-refractivity contribution < 1.29 is 22.8 Å². The molecule has 2 aliphatic rings. The summed E-state index contributed by atoms with van der Waals surface area (Å²) < 4.78 is 39.3. The van der Waals surface area contributed by atoms with E-state index in [0.717, 1.165) is 30.3 Å². The molecule has 2 saturated heterocycles. The van der Waals surface area contributed by atoms with Gasteiger partial charge >= 0.3 is 12.2 Å². The third-order valence-corrected chi connectivity index (χ3v) is 5.54. The van der Waals surface area contributed by atoms with Gasteiger partial charge in [-0.3, -0.25) is 19.9 Å². The predicted octanol–water partition coefficient (Wildman–Crippen LogP) is 2.60. The van der Waals surface area contributed by atoms with E-state index >= 15 is 0 Å². The monoisotopic (exact) mass is 409 g/mol. The highest BCUT2D eigenvalue weighted by Gasteiger charge is 2.32. The van der Waals surface area contributed by atoms with Crippen molar-refractivity contribution in [1.82, 2.24) is 19.8 Å². The van der Waals surface area contributed by atoms with Gasteiger partial charge in [-0.15, -0.1) is 0 Å². The number of fused-ring (bicyclic) bond motifs is 1. The van der Waals surface area contributed by atoms with Crippen molar-refractivity contribution in [2.45, 2.75) is 31.9 Å². The maximum absolute atomic E-state index is 12.5. The number of nitrogens with one attached hydrogen (secondary N) is 1. The number of carbonyl (C=O) groups is 2. The molecule has 7 nitrogen and oxygen atoms in total. The van der Waals surface area contributed by atoms with Crippen molar-refractivity contribution in [3.8, 4) is 0 Å². The number of likely N-dealkylation sites (tertiary alicyclic amines) is 1. The molecule has 0 bridgehead atoms. The summed E-state index contributed by atoms with van der Waals surface area (Å²) in [5.41, 5.74) is 2.46. The molecule has 2 aromatic heterocycles. The number of aromatic nitrogens is 2. The quantitative estimate of drug-likeness (QED) is 0.843. The minimum Gasteiger partial charge on any atom is -0.295 e. The maximum Gasteiger partial charge on any atom is 0.401 e. The van der Waals surface area contributed by atoms with Gasteiger partial charge in [-0.05, 0) is 56.0 Å². The summed E-state index contributed by atoms with van der Waals surface area (Å²) in [6.07, 6.45) is 1.73. The van der Waals surface area contributed by atoms with Crippen LogP contribution in [-0.4, -0.2) is 58.8 Å². The van der Waals surface area contributed by atoms with Crippen LogP contribution in [0.1, 0.15) is 24.8 Å². The van der Waals surface area contributed by atoms with Crippen LogP contribution in [0, 0.1) is 5.92 Å². The summed E-state index contributed by atoms with van der Waals surface area (Å²) >= 11 is 0. The minimum atomic E-state index is -4.15. The average molecular weight is 409 g/mol. The Balaban J connectivity index is 1.44. The van der Waals surface area contributed by atoms with Gasteiger partial charge in [0.25, 0.3) is 0 Å². The molecule has 4 rings (SSSR count). The van der Waals surface area contributed by atoms with Gasteiger partial charge in [0.05, 0.1) is 23.9 Å². The van der Waals surface area contributed by atoms with E-state index in [-0.39, 0.29) is 12.3 Å². The van der Waals surface area contributed by atoms with Crippen molar-refractivity contribution in [1.29, 1.82) is 0 Å². The largest absolute Gasteiger partial charge is 0.401 e. The van der Waals surface area contributed by atoms with Crippen LogP contribution in [-0.2, 0) is 11.2 Å². The highest BCUT2D eigenvalue weighted by molar-refractivity contribution is 6.07. The number of urea groups is 1. The molecule has 0 unspecified atom stereocenters. The summed E-state index contributed by atoms with van der Waals surface area (Å²) in [4.78, 5) is 26.5. The zero-order valence-corrected chi connectivity index (χ0v) is 15.8. The number of alkyl halides is 3. The molecule has 0 aliphatic carbocycles. The van der Waals surface area contributed by atoms with Crippen LogP contribution in [0.25, 0.3) is 5.52 Å². The fraction of sp³-hybridized carbons (Fsp3) is 0.526. The first-order chi connectivity index (χ1) is 13.8. The maximum atomic E-state index is 12.5. The number of halogens is 3. The highest BCUT2D eigenvalue weighted by Crippen LogP contribution is 2.28. The lowest BCUT2D eigenvalue weighted by molar-refractivity contribution is -0.148. The van der Waals surface area contributed by atoms with E-state index in [4.69, 9.17) is 0 Å². The fourth-order valence-electron chi connectivity index (χ4n) is 4.08. The number of anilines is 1. The van der Waals surface area contributed by atoms with Gasteiger partial charge in [0.15, 0.2) is 0 Å². The molecule has 1 N–H and O–H groups in total. The van der Waals surface area contributed by atoms with Crippen molar-refractivity contribution in [2.24, 2.45) is 5.92 Å². The van der Waals surface area contributed by atoms with E-state index in [0.29, 0.717) is 31.2 Å². The van der Waals surface area contributed by atoms with Crippen LogP contribution < -0.4 is 10.2 Å². The summed E-state index contributed by atoms with van der Waals surface area (Å²) in [6, 6.07) is 3.46. The van der Waals surface area contributed by atoms with E-state index in [1.165, 1.54) is 9.80 Å². The molecule has 4 heterocycles. The molecule has 3 amide bonds. The van der Waals surface area contributed by atoms with Crippen LogP contribution in [0.2, 0.25) is 0 Å². The van der Waals surface area contributed by atoms with E-state index in [2.05, 4.69) is 10.4 Å². The SMILES string of the molecule is O=C1CCN(c2cnn3ccc(CC4CCN(CC(F)(F)F)CC4)cc23)C(=O)N1. The zero-order chi connectivity index (χ0) is 20.6. The number of hydrogen-bond acceptors (Lipinski definition) is 4. The van der Waals surface area contributed by atoms with Crippen molar-refractivity contribution >= 4 is 23.1 Å². The van der Waals surface area contributed by atoms with Gasteiger partial charge < -0.3 is 0 Å². The molecule has 2 fully saturated rings. The summed E-state index contributed by atoms with van der Waals surface area (Å²) in [7, 11) is 0. The molecule has 2 aromatic rings. The lowest BCUT2D eigenvalue weighted by atomic mass is 9.90. The molecule has 0 aromatic carbocycles. The Morgan fingerprint density at radius 1 is 1.17 bits per heavy atom. The summed E-state index contributed by atoms with van der Waals surface area (Å²) in [5.74, 6) is 0.0319. The van der Waals surface area contributed by atoms with E-state index in [1.807, 2.05) is 18.3 Å². The minimum absolute atomic E-state index is 0.235. The average Bonchev–Trinajstić information content (AvgIpc) is 3.05. The molecule has 0 spiro atoms. The Hall–Kier alpha value is -2.62. The molecular weight excluding hydrogens is 387 g/mol. The van der Waals surface area contributed by atoms with E-state index in [1.54, 1.807) is 10.7 Å². The lowest BCUT2D eigenvalue weighted by Gasteiger charge is -2.32. The molecule has 10 heteroatoms. The van der Waals surface area contributed by atoms with Crippen molar-refractivity contribution in [2.75, 3.05) is 31.1 Å². The highest BCUT2D eigenvalue weighted by atomic mass is 19.4. The summed E-state index contributed by atoms with van der Waals surface area (Å²) in [5, 5.41) is 6.59. The molecule has 0 atom stereocenters. The second kappa shape index (κ2) is 7.66. The second-order valence-corrected chi connectivity index (χ2v) is 7.69. The first-order valence-electron chi connectivity index (χ1n) is 9.65. The molecule has 2 aliphatic heterocycles. The normalized spacial score (nSPS) is 19.8. The molecular formula is C19H22F3N5O2. The van der Waals surface area contributed by atoms with Crippen LogP contribution in [0.4, 0.5) is 23.7 Å². The van der Waals surface area contributed by atoms with Crippen LogP contribution in [0.3, 0.4) is 0 Å². The standard InChI is InChI=1S/C19H22F3N5O2/c20-19(21,22)12-25-5-1-13(2-6-25)9-14-3-8-27-15(10-14)16(11-23-27)26-7-4-17(28)24-18(26)29/h3,8,10-11,13H,1-2,4-7,9,12H2,(H,24,28,29). The second-order valence-electron chi connectivity index (χ2n) is 7.69. The molecule has 29 heavy (non-hydrogen) atoms. The van der Waals surface area contributed by atoms with Gasteiger partial charge in [0.2, 0.25) is 5.91 Å². The van der Waals surface area contributed by atoms with Gasteiger partial charge in [-0.25, -0.2) is 9.31 Å². The smallest absolute Gasteiger partial charge is 0.295 e. The third kappa shape index (κ3) is 4.52. The van der Waals surface area contributed by atoms with E-state index < -0.39 is 18.8 Å². The number of piperidine rings is 1. The van der Waals surface area contributed by atoms with Crippen molar-refractivity contribution in [3.63, 3.8) is 0 Å². The Morgan fingerprint density at radius 3 is 2.62 bits per heavy atom. The van der Waals surface area contributed by atoms with Gasteiger partial charge in [-0.1, -0.05) is 0 Å². The fourth-order valence-corrected chi connectivity index (χ4v) is 4.08. The third-order valence-electron chi connectivity index (χ3n) is 5.54. The van der Waals surface area contributed by atoms with Gasteiger partial charge in [-0.2, -0.15) is 18.3 Å². The number of carbonyl (C=O) groups excluding carboxylic acids is 2. The number of amides is 3. The Bertz CT molecular complexity index is 918. The first-order valence-corrected chi connectivity index (χ1v) is 9.65. The lowest BCUT2D eigenvalue weighted by Crippen LogP contribution is -2.49. The summed E-state index contributed by atoms with van der Waals surface area (Å²) in [6.45, 7) is 0.359. The number of rotatable bonds is 4. The predicted molar refractivity (Wildman–Crippen MR) is 99.6 cm³/mol. The van der Waals surface area contributed by atoms with Crippen LogP contribution in [0.5, 0.6) is 0 Å². The number of pyridine rings is 1. The number of imide groups is 1. The zero-order valence-electron chi connectivity index (χ0n) is 15.8. The molecule has 0 radical (unpaired) electrons. The molecule has 156 valence electrons. The Morgan fingerprint density at radius 2 is 1.93 bits per heavy atom. The number of nitrogens with zero attached hydrogens (tertiary/aromatic N) is 4. The Kier molecular flexibility index (Phi) is 5.20. The van der Waals surface area contributed by atoms with Gasteiger partial charge in [0.1, 0.15) is 0 Å².